The SMILES string of the molecule is CC(O[C@H]1OCCN(c2n[nH]nc2CN2CCCC2)[C@@]1(C)c1ccc(F)cc1)c1cc(F)cc(C(F)(F)F)c1. The minimum atomic E-state index is -4.71. The molecule has 2 aliphatic rings. The summed E-state index contributed by atoms with van der Waals surface area (Å²) in [4.78, 5) is 4.26. The molecule has 1 N–H and O–H groups in total. The van der Waals surface area contributed by atoms with Gasteiger partial charge in [0.15, 0.2) is 12.1 Å². The maximum atomic E-state index is 14.2. The summed E-state index contributed by atoms with van der Waals surface area (Å²) in [6, 6.07) is 8.21. The fraction of sp³-hybridized carbons (Fsp3) is 0.481. The number of nitrogens with one attached hydrogen (secondary N) is 1. The summed E-state index contributed by atoms with van der Waals surface area (Å²) in [5.74, 6) is -0.854. The second kappa shape index (κ2) is 10.8. The predicted octanol–water partition coefficient (Wildman–Crippen LogP) is 5.55. The number of rotatable bonds is 7. The number of aromatic amines is 1. The van der Waals surface area contributed by atoms with Gasteiger partial charge in [0, 0.05) is 13.1 Å². The zero-order valence-corrected chi connectivity index (χ0v) is 21.6. The Hall–Kier alpha value is -3.09. The van der Waals surface area contributed by atoms with Crippen molar-refractivity contribution in [3.8, 4) is 0 Å². The zero-order chi connectivity index (χ0) is 27.8. The lowest BCUT2D eigenvalue weighted by atomic mass is 9.87. The number of alkyl halides is 3. The van der Waals surface area contributed by atoms with Crippen LogP contribution in [-0.4, -0.2) is 52.8 Å². The fourth-order valence-electron chi connectivity index (χ4n) is 5.35. The van der Waals surface area contributed by atoms with Crippen LogP contribution in [-0.2, 0) is 27.7 Å². The number of ether oxygens (including phenoxy) is 2. The van der Waals surface area contributed by atoms with Gasteiger partial charge < -0.3 is 14.4 Å². The first kappa shape index (κ1) is 27.5. The summed E-state index contributed by atoms with van der Waals surface area (Å²) in [5, 5.41) is 11.6. The second-order valence-corrected chi connectivity index (χ2v) is 10.1. The van der Waals surface area contributed by atoms with Gasteiger partial charge in [-0.2, -0.15) is 23.5 Å². The molecule has 0 spiro atoms. The van der Waals surface area contributed by atoms with Crippen LogP contribution in [0.15, 0.2) is 42.5 Å². The van der Waals surface area contributed by atoms with Crippen molar-refractivity contribution in [1.82, 2.24) is 20.3 Å². The van der Waals surface area contributed by atoms with Crippen LogP contribution in [0.4, 0.5) is 27.8 Å². The van der Waals surface area contributed by atoms with Crippen LogP contribution in [0.1, 0.15) is 55.2 Å². The normalized spacial score (nSPS) is 23.4. The van der Waals surface area contributed by atoms with Crippen LogP contribution in [0.3, 0.4) is 0 Å². The van der Waals surface area contributed by atoms with Crippen molar-refractivity contribution in [2.75, 3.05) is 31.1 Å². The summed E-state index contributed by atoms with van der Waals surface area (Å²) >= 11 is 0. The third-order valence-electron chi connectivity index (χ3n) is 7.50. The second-order valence-electron chi connectivity index (χ2n) is 10.1. The Morgan fingerprint density at radius 2 is 1.77 bits per heavy atom. The largest absolute Gasteiger partial charge is 0.416 e. The Kier molecular flexibility index (Phi) is 7.62. The van der Waals surface area contributed by atoms with Crippen molar-refractivity contribution in [2.45, 2.75) is 57.3 Å². The van der Waals surface area contributed by atoms with Crippen LogP contribution in [0.25, 0.3) is 0 Å². The van der Waals surface area contributed by atoms with Crippen molar-refractivity contribution in [3.63, 3.8) is 0 Å². The number of hydrogen-bond donors (Lipinski definition) is 1. The Labute approximate surface area is 222 Å². The highest BCUT2D eigenvalue weighted by atomic mass is 19.4. The summed E-state index contributed by atoms with van der Waals surface area (Å²) in [6.45, 7) is 6.52. The summed E-state index contributed by atoms with van der Waals surface area (Å²) in [6.07, 6.45) is -4.48. The van der Waals surface area contributed by atoms with Crippen molar-refractivity contribution in [2.24, 2.45) is 0 Å². The van der Waals surface area contributed by atoms with Crippen molar-refractivity contribution < 1.29 is 31.4 Å². The molecule has 1 aromatic heterocycles. The van der Waals surface area contributed by atoms with E-state index in [2.05, 4.69) is 20.3 Å². The van der Waals surface area contributed by atoms with E-state index in [1.165, 1.54) is 19.1 Å². The summed E-state index contributed by atoms with van der Waals surface area (Å²) < 4.78 is 80.4. The lowest BCUT2D eigenvalue weighted by Crippen LogP contribution is -2.60. The van der Waals surface area contributed by atoms with Crippen LogP contribution >= 0.6 is 0 Å². The van der Waals surface area contributed by atoms with E-state index in [1.54, 1.807) is 12.1 Å². The molecule has 210 valence electrons. The van der Waals surface area contributed by atoms with Gasteiger partial charge in [0.2, 0.25) is 0 Å². The van der Waals surface area contributed by atoms with E-state index in [-0.39, 0.29) is 12.2 Å². The minimum Gasteiger partial charge on any atom is -0.348 e. The third kappa shape index (κ3) is 5.64. The van der Waals surface area contributed by atoms with E-state index in [1.807, 2.05) is 11.8 Å². The zero-order valence-electron chi connectivity index (χ0n) is 21.6. The molecule has 3 heterocycles. The Morgan fingerprint density at radius 3 is 2.46 bits per heavy atom. The predicted molar refractivity (Wildman–Crippen MR) is 133 cm³/mol. The molecule has 2 fully saturated rings. The molecule has 12 heteroatoms. The molecular formula is C27H30F5N5O2. The first-order valence-corrected chi connectivity index (χ1v) is 12.9. The third-order valence-corrected chi connectivity index (χ3v) is 7.50. The molecule has 7 nitrogen and oxygen atoms in total. The van der Waals surface area contributed by atoms with E-state index in [9.17, 15) is 22.0 Å². The Morgan fingerprint density at radius 1 is 1.05 bits per heavy atom. The Balaban J connectivity index is 1.50. The van der Waals surface area contributed by atoms with Gasteiger partial charge in [-0.3, -0.25) is 4.90 Å². The molecular weight excluding hydrogens is 521 g/mol. The lowest BCUT2D eigenvalue weighted by Gasteiger charge is -2.50. The topological polar surface area (TPSA) is 66.5 Å². The van der Waals surface area contributed by atoms with Gasteiger partial charge in [-0.05, 0) is 81.2 Å². The van der Waals surface area contributed by atoms with Crippen molar-refractivity contribution in [3.05, 3.63) is 76.5 Å². The highest BCUT2D eigenvalue weighted by Crippen LogP contribution is 2.42. The molecule has 0 amide bonds. The van der Waals surface area contributed by atoms with E-state index in [4.69, 9.17) is 9.47 Å². The van der Waals surface area contributed by atoms with Gasteiger partial charge in [-0.15, -0.1) is 5.10 Å². The average Bonchev–Trinajstić information content (AvgIpc) is 3.57. The molecule has 3 aromatic rings. The number of nitrogens with zero attached hydrogens (tertiary/aromatic N) is 4. The van der Waals surface area contributed by atoms with Gasteiger partial charge in [-0.1, -0.05) is 12.1 Å². The monoisotopic (exact) mass is 551 g/mol. The highest BCUT2D eigenvalue weighted by Gasteiger charge is 2.48. The maximum Gasteiger partial charge on any atom is 0.416 e. The molecule has 0 bridgehead atoms. The smallest absolute Gasteiger partial charge is 0.348 e. The van der Waals surface area contributed by atoms with Gasteiger partial charge in [-0.25, -0.2) is 8.78 Å². The van der Waals surface area contributed by atoms with Crippen LogP contribution in [0, 0.1) is 11.6 Å². The number of hydrogen-bond acceptors (Lipinski definition) is 6. The van der Waals surface area contributed by atoms with Gasteiger partial charge in [0.25, 0.3) is 0 Å². The molecule has 3 atom stereocenters. The van der Waals surface area contributed by atoms with Crippen LogP contribution in [0.5, 0.6) is 0 Å². The molecule has 0 radical (unpaired) electrons. The maximum absolute atomic E-state index is 14.2. The molecule has 0 aliphatic carbocycles. The number of morpholine rings is 1. The van der Waals surface area contributed by atoms with Gasteiger partial charge in [0.1, 0.15) is 22.9 Å². The van der Waals surface area contributed by atoms with Crippen LogP contribution in [0.2, 0.25) is 0 Å². The van der Waals surface area contributed by atoms with Gasteiger partial charge >= 0.3 is 6.18 Å². The highest BCUT2D eigenvalue weighted by molar-refractivity contribution is 5.50. The van der Waals surface area contributed by atoms with E-state index < -0.39 is 41.3 Å². The fourth-order valence-corrected chi connectivity index (χ4v) is 5.35. The number of H-pyrrole nitrogens is 1. The van der Waals surface area contributed by atoms with Gasteiger partial charge in [0.05, 0.1) is 18.3 Å². The first-order valence-electron chi connectivity index (χ1n) is 12.9. The number of anilines is 1. The number of halogens is 5. The van der Waals surface area contributed by atoms with E-state index in [0.29, 0.717) is 30.5 Å². The summed E-state index contributed by atoms with van der Waals surface area (Å²) in [5.41, 5.74) is -0.794. The van der Waals surface area contributed by atoms with Crippen molar-refractivity contribution in [1.29, 1.82) is 0 Å². The van der Waals surface area contributed by atoms with E-state index >= 15 is 0 Å². The molecule has 2 aromatic carbocycles. The summed E-state index contributed by atoms with van der Waals surface area (Å²) in [7, 11) is 0. The van der Waals surface area contributed by atoms with Crippen molar-refractivity contribution >= 4 is 5.82 Å². The number of likely N-dealkylation sites (tertiary alicyclic amines) is 1. The minimum absolute atomic E-state index is 0.0145. The standard InChI is InChI=1S/C27H30F5N5O2/c1-17(18-13-20(27(30,31)32)15-22(29)14-18)39-25-26(2,19-5-7-21(28)8-6-19)37(11-12-38-25)24-23(33-35-34-24)16-36-9-3-4-10-36/h5-8,13-15,17,25H,3-4,9-12,16H2,1-2H3,(H,33,34,35)/t17?,25-,26+/m1/s1. The number of benzene rings is 2. The first-order chi connectivity index (χ1) is 18.6. The molecule has 1 unspecified atom stereocenters. The average molecular weight is 552 g/mol. The van der Waals surface area contributed by atoms with Crippen LogP contribution < -0.4 is 4.90 Å². The quantitative estimate of drug-likeness (QED) is 0.389. The Bertz CT molecular complexity index is 1280. The molecule has 5 rings (SSSR count). The lowest BCUT2D eigenvalue weighted by molar-refractivity contribution is -0.216. The number of aromatic nitrogens is 3. The van der Waals surface area contributed by atoms with E-state index in [0.717, 1.165) is 43.8 Å². The molecule has 39 heavy (non-hydrogen) atoms. The molecule has 2 aliphatic heterocycles. The molecule has 2 saturated heterocycles. The molecule has 0 saturated carbocycles.